The van der Waals surface area contributed by atoms with Gasteiger partial charge in [-0.2, -0.15) is 47.0 Å². The molecule has 0 aliphatic carbocycles. The van der Waals surface area contributed by atoms with E-state index in [1.54, 1.807) is 0 Å². The molecule has 210 valence electrons. The summed E-state index contributed by atoms with van der Waals surface area (Å²) < 4.78 is 11.1. The topological polar surface area (TPSA) is 58.9 Å². The molecule has 0 bridgehead atoms. The normalized spacial score (nSPS) is 10.8. The van der Waals surface area contributed by atoms with Crippen molar-refractivity contribution in [2.75, 3.05) is 85.7 Å². The predicted molar refractivity (Wildman–Crippen MR) is 165 cm³/mol. The lowest BCUT2D eigenvalue weighted by Gasteiger charge is -2.05. The van der Waals surface area contributed by atoms with Crippen molar-refractivity contribution in [3.05, 3.63) is 0 Å². The van der Waals surface area contributed by atoms with Crippen LogP contribution in [0, 0.1) is 0 Å². The summed E-state index contributed by atoms with van der Waals surface area (Å²) in [6, 6.07) is 0. The molecule has 0 aliphatic rings. The number of aliphatic hydroxyl groups is 2. The van der Waals surface area contributed by atoms with Gasteiger partial charge < -0.3 is 19.7 Å². The summed E-state index contributed by atoms with van der Waals surface area (Å²) in [6.45, 7) is 3.84. The molecule has 8 heteroatoms. The van der Waals surface area contributed by atoms with Crippen LogP contribution < -0.4 is 0 Å². The Hall–Kier alpha value is 1.24. The highest BCUT2D eigenvalue weighted by Crippen LogP contribution is 2.14. The van der Waals surface area contributed by atoms with Gasteiger partial charge in [0.05, 0.1) is 13.2 Å². The zero-order valence-corrected chi connectivity index (χ0v) is 23.6. The SMILES string of the molecule is C.C.OCCCCOCCSCCCCSCCCCSCCCCSCCOCCCCO. The van der Waals surface area contributed by atoms with Gasteiger partial charge in [-0.3, -0.25) is 0 Å². The maximum Gasteiger partial charge on any atom is 0.0556 e. The number of hydrogen-bond donors (Lipinski definition) is 2. The van der Waals surface area contributed by atoms with E-state index in [-0.39, 0.29) is 28.1 Å². The summed E-state index contributed by atoms with van der Waals surface area (Å²) in [6.07, 6.45) is 11.7. The lowest BCUT2D eigenvalue weighted by Crippen LogP contribution is -2.00. The summed E-state index contributed by atoms with van der Waals surface area (Å²) in [5.41, 5.74) is 0. The van der Waals surface area contributed by atoms with E-state index in [1.807, 2.05) is 23.5 Å². The highest BCUT2D eigenvalue weighted by atomic mass is 32.2. The van der Waals surface area contributed by atoms with Crippen LogP contribution in [-0.4, -0.2) is 95.9 Å². The van der Waals surface area contributed by atoms with Crippen LogP contribution in [0.25, 0.3) is 0 Å². The Kier molecular flexibility index (Phi) is 45.3. The minimum Gasteiger partial charge on any atom is -0.396 e. The number of thioether (sulfide) groups is 4. The molecule has 0 spiro atoms. The quantitative estimate of drug-likeness (QED) is 0.0935. The standard InChI is InChI=1S/C24H50O4S4.2CH4/c25-11-1-3-13-27-15-23-31-21-9-7-19-29-17-5-6-18-30-20-8-10-22-32-24-16-28-14-4-2-12-26;;/h25-26H,1-24H2;2*1H4. The summed E-state index contributed by atoms with van der Waals surface area (Å²) in [4.78, 5) is 0. The fraction of sp³-hybridized carbons (Fsp3) is 1.00. The van der Waals surface area contributed by atoms with E-state index >= 15 is 0 Å². The lowest BCUT2D eigenvalue weighted by molar-refractivity contribution is 0.139. The molecule has 34 heavy (non-hydrogen) atoms. The van der Waals surface area contributed by atoms with Crippen molar-refractivity contribution < 1.29 is 19.7 Å². The van der Waals surface area contributed by atoms with E-state index in [4.69, 9.17) is 19.7 Å². The average Bonchev–Trinajstić information content (AvgIpc) is 2.81. The Morgan fingerprint density at radius 2 is 0.647 bits per heavy atom. The van der Waals surface area contributed by atoms with E-state index < -0.39 is 0 Å². The maximum absolute atomic E-state index is 8.69. The Morgan fingerprint density at radius 3 is 0.941 bits per heavy atom. The fourth-order valence-electron chi connectivity index (χ4n) is 2.70. The van der Waals surface area contributed by atoms with E-state index in [2.05, 4.69) is 23.5 Å². The molecule has 0 aromatic rings. The molecule has 0 rings (SSSR count). The third-order valence-electron chi connectivity index (χ3n) is 4.62. The molecule has 0 fully saturated rings. The number of ether oxygens (including phenoxy) is 2. The summed E-state index contributed by atoms with van der Waals surface area (Å²) >= 11 is 8.28. The number of hydrogen-bond acceptors (Lipinski definition) is 8. The van der Waals surface area contributed by atoms with Crippen molar-refractivity contribution in [3.63, 3.8) is 0 Å². The molecular weight excluding hydrogens is 505 g/mol. The molecule has 0 radical (unpaired) electrons. The summed E-state index contributed by atoms with van der Waals surface area (Å²) in [7, 11) is 0. The van der Waals surface area contributed by atoms with Crippen LogP contribution in [0.5, 0.6) is 0 Å². The molecule has 0 aromatic heterocycles. The minimum atomic E-state index is 0. The van der Waals surface area contributed by atoms with Gasteiger partial charge >= 0.3 is 0 Å². The van der Waals surface area contributed by atoms with Gasteiger partial charge in [0.2, 0.25) is 0 Å². The van der Waals surface area contributed by atoms with Crippen LogP contribution in [0.15, 0.2) is 0 Å². The van der Waals surface area contributed by atoms with Crippen LogP contribution >= 0.6 is 47.0 Å². The lowest BCUT2D eigenvalue weighted by atomic mass is 10.3. The van der Waals surface area contributed by atoms with Crippen molar-refractivity contribution in [3.8, 4) is 0 Å². The Labute approximate surface area is 230 Å². The molecule has 0 aromatic carbocycles. The first-order chi connectivity index (χ1) is 15.9. The first-order valence-corrected chi connectivity index (χ1v) is 17.2. The van der Waals surface area contributed by atoms with Crippen LogP contribution in [0.4, 0.5) is 0 Å². The zero-order chi connectivity index (χ0) is 23.2. The van der Waals surface area contributed by atoms with E-state index in [9.17, 15) is 0 Å². The third-order valence-corrected chi connectivity index (χ3v) is 8.99. The van der Waals surface area contributed by atoms with Crippen molar-refractivity contribution in [2.24, 2.45) is 0 Å². The second-order valence-corrected chi connectivity index (χ2v) is 12.6. The summed E-state index contributed by atoms with van der Waals surface area (Å²) in [5, 5.41) is 17.4. The minimum absolute atomic E-state index is 0. The molecule has 2 N–H and O–H groups in total. The van der Waals surface area contributed by atoms with Crippen LogP contribution in [-0.2, 0) is 9.47 Å². The molecule has 0 saturated carbocycles. The van der Waals surface area contributed by atoms with Gasteiger partial charge in [0.25, 0.3) is 0 Å². The molecular formula is C26H58O4S4. The first kappa shape index (κ1) is 39.7. The highest BCUT2D eigenvalue weighted by molar-refractivity contribution is 8.00. The molecule has 0 heterocycles. The number of rotatable bonds is 29. The largest absolute Gasteiger partial charge is 0.396 e. The molecule has 0 unspecified atom stereocenters. The third kappa shape index (κ3) is 37.8. The second kappa shape index (κ2) is 38.8. The molecule has 0 atom stereocenters. The van der Waals surface area contributed by atoms with Crippen molar-refractivity contribution >= 4 is 47.0 Å². The second-order valence-electron chi connectivity index (χ2n) is 7.66. The molecule has 0 amide bonds. The van der Waals surface area contributed by atoms with E-state index in [0.29, 0.717) is 0 Å². The van der Waals surface area contributed by atoms with E-state index in [1.165, 1.54) is 73.0 Å². The zero-order valence-electron chi connectivity index (χ0n) is 20.3. The van der Waals surface area contributed by atoms with Gasteiger partial charge in [-0.15, -0.1) is 0 Å². The molecule has 4 nitrogen and oxygen atoms in total. The molecule has 0 saturated heterocycles. The van der Waals surface area contributed by atoms with Gasteiger partial charge in [-0.1, -0.05) is 14.9 Å². The van der Waals surface area contributed by atoms with Gasteiger partial charge in [-0.25, -0.2) is 0 Å². The number of unbranched alkanes of at least 4 members (excludes halogenated alkanes) is 5. The smallest absolute Gasteiger partial charge is 0.0556 e. The average molecular weight is 563 g/mol. The van der Waals surface area contributed by atoms with Gasteiger partial charge in [0.1, 0.15) is 0 Å². The van der Waals surface area contributed by atoms with Crippen LogP contribution in [0.3, 0.4) is 0 Å². The van der Waals surface area contributed by atoms with Crippen LogP contribution in [0.2, 0.25) is 0 Å². The van der Waals surface area contributed by atoms with E-state index in [0.717, 1.165) is 63.6 Å². The van der Waals surface area contributed by atoms with Gasteiger partial charge in [-0.05, 0) is 98.7 Å². The van der Waals surface area contributed by atoms with Crippen molar-refractivity contribution in [1.29, 1.82) is 0 Å². The summed E-state index contributed by atoms with van der Waals surface area (Å²) in [5.74, 6) is 10.0. The van der Waals surface area contributed by atoms with Crippen molar-refractivity contribution in [1.82, 2.24) is 0 Å². The van der Waals surface area contributed by atoms with Crippen molar-refractivity contribution in [2.45, 2.75) is 79.1 Å². The predicted octanol–water partition coefficient (Wildman–Crippen LogP) is 7.11. The molecule has 0 aliphatic heterocycles. The van der Waals surface area contributed by atoms with Gasteiger partial charge in [0, 0.05) is 37.9 Å². The van der Waals surface area contributed by atoms with Crippen LogP contribution in [0.1, 0.15) is 79.1 Å². The fourth-order valence-corrected chi connectivity index (χ4v) is 6.44. The van der Waals surface area contributed by atoms with Gasteiger partial charge in [0.15, 0.2) is 0 Å². The highest BCUT2D eigenvalue weighted by Gasteiger charge is 1.96. The Balaban J connectivity index is -0.00000480. The number of aliphatic hydroxyl groups excluding tert-OH is 2. The monoisotopic (exact) mass is 562 g/mol. The first-order valence-electron chi connectivity index (χ1n) is 12.6. The Bertz CT molecular complexity index is 299. The maximum atomic E-state index is 8.69. The Morgan fingerprint density at radius 1 is 0.353 bits per heavy atom.